The Balaban J connectivity index is 1.82. The second kappa shape index (κ2) is 8.35. The van der Waals surface area contributed by atoms with Gasteiger partial charge in [0.25, 0.3) is 5.91 Å². The van der Waals surface area contributed by atoms with Gasteiger partial charge in [-0.25, -0.2) is 4.98 Å². The lowest BCUT2D eigenvalue weighted by atomic mass is 9.66. The molecule has 0 bridgehead atoms. The van der Waals surface area contributed by atoms with Gasteiger partial charge in [0.05, 0.1) is 5.92 Å². The minimum atomic E-state index is -0.402. The van der Waals surface area contributed by atoms with Crippen LogP contribution >= 0.6 is 11.8 Å². The molecule has 2 N–H and O–H groups in total. The van der Waals surface area contributed by atoms with Gasteiger partial charge in [0.1, 0.15) is 11.6 Å². The molecule has 160 valence electrons. The molecule has 1 aliphatic heterocycles. The number of nitrogens with zero attached hydrogens (tertiary/aromatic N) is 1. The molecule has 1 aromatic carbocycles. The van der Waals surface area contributed by atoms with Crippen molar-refractivity contribution in [3.05, 3.63) is 77.3 Å². The van der Waals surface area contributed by atoms with Gasteiger partial charge in [0, 0.05) is 40.4 Å². The van der Waals surface area contributed by atoms with Gasteiger partial charge in [0.15, 0.2) is 0 Å². The van der Waals surface area contributed by atoms with Crippen LogP contribution in [0, 0.1) is 11.3 Å². The molecule has 5 nitrogen and oxygen atoms in total. The Morgan fingerprint density at radius 2 is 1.90 bits per heavy atom. The van der Waals surface area contributed by atoms with Crippen LogP contribution in [0.1, 0.15) is 38.7 Å². The lowest BCUT2D eigenvalue weighted by Gasteiger charge is -2.41. The van der Waals surface area contributed by atoms with Crippen LogP contribution < -0.4 is 10.6 Å². The predicted molar refractivity (Wildman–Crippen MR) is 125 cm³/mol. The first-order chi connectivity index (χ1) is 14.8. The van der Waals surface area contributed by atoms with Crippen molar-refractivity contribution >= 4 is 29.3 Å². The first-order valence-electron chi connectivity index (χ1n) is 10.4. The molecule has 1 amide bonds. The number of pyridine rings is 1. The third-order valence-corrected chi connectivity index (χ3v) is 6.61. The van der Waals surface area contributed by atoms with E-state index in [-0.39, 0.29) is 23.0 Å². The van der Waals surface area contributed by atoms with Gasteiger partial charge in [-0.1, -0.05) is 38.1 Å². The number of allylic oxidation sites excluding steroid dienone is 3. The zero-order chi connectivity index (χ0) is 22.2. The lowest BCUT2D eigenvalue weighted by Crippen LogP contribution is -2.44. The SMILES string of the molecule is CSc1ccc(C2C(C(=O)Nc3ccccn3)=C(C)NC3=CC(C)(C)CC(=O)C32)cc1. The molecule has 4 rings (SSSR count). The first kappa shape index (κ1) is 21.4. The van der Waals surface area contributed by atoms with Crippen molar-refractivity contribution in [1.29, 1.82) is 0 Å². The van der Waals surface area contributed by atoms with E-state index < -0.39 is 5.92 Å². The van der Waals surface area contributed by atoms with E-state index in [0.717, 1.165) is 21.9 Å². The van der Waals surface area contributed by atoms with E-state index in [4.69, 9.17) is 0 Å². The minimum absolute atomic E-state index is 0.157. The number of hydrogen-bond acceptors (Lipinski definition) is 5. The van der Waals surface area contributed by atoms with Crippen LogP contribution in [-0.2, 0) is 9.59 Å². The number of amides is 1. The van der Waals surface area contributed by atoms with E-state index in [9.17, 15) is 9.59 Å². The van der Waals surface area contributed by atoms with Crippen LogP contribution in [0.4, 0.5) is 5.82 Å². The molecule has 0 radical (unpaired) electrons. The largest absolute Gasteiger partial charge is 0.362 e. The molecule has 0 saturated heterocycles. The van der Waals surface area contributed by atoms with E-state index in [0.29, 0.717) is 17.8 Å². The molecule has 2 unspecified atom stereocenters. The van der Waals surface area contributed by atoms with E-state index in [1.807, 2.05) is 43.5 Å². The topological polar surface area (TPSA) is 71.1 Å². The number of hydrogen-bond donors (Lipinski definition) is 2. The number of carbonyl (C=O) groups excluding carboxylic acids is 2. The maximum atomic E-state index is 13.4. The van der Waals surface area contributed by atoms with Crippen LogP contribution in [0.2, 0.25) is 0 Å². The summed E-state index contributed by atoms with van der Waals surface area (Å²) in [6.07, 6.45) is 6.28. The molecule has 2 aromatic rings. The number of fused-ring (bicyclic) bond motifs is 1. The zero-order valence-electron chi connectivity index (χ0n) is 18.2. The van der Waals surface area contributed by atoms with Gasteiger partial charge in [-0.05, 0) is 48.4 Å². The van der Waals surface area contributed by atoms with E-state index in [2.05, 4.69) is 35.5 Å². The molecule has 0 fully saturated rings. The number of Topliss-reactive ketones (excluding diaryl/α,β-unsaturated/α-hetero) is 1. The zero-order valence-corrected chi connectivity index (χ0v) is 19.0. The van der Waals surface area contributed by atoms with Gasteiger partial charge in [-0.15, -0.1) is 11.8 Å². The van der Waals surface area contributed by atoms with Crippen LogP contribution in [0.15, 0.2) is 76.6 Å². The number of aromatic nitrogens is 1. The molecule has 31 heavy (non-hydrogen) atoms. The smallest absolute Gasteiger partial charge is 0.255 e. The Morgan fingerprint density at radius 3 is 2.55 bits per heavy atom. The quantitative estimate of drug-likeness (QED) is 0.671. The molecule has 2 heterocycles. The maximum Gasteiger partial charge on any atom is 0.255 e. The summed E-state index contributed by atoms with van der Waals surface area (Å²) < 4.78 is 0. The van der Waals surface area contributed by atoms with Crippen molar-refractivity contribution in [2.75, 3.05) is 11.6 Å². The summed E-state index contributed by atoms with van der Waals surface area (Å²) in [6, 6.07) is 13.6. The molecule has 0 saturated carbocycles. The van der Waals surface area contributed by atoms with E-state index in [1.54, 1.807) is 30.1 Å². The van der Waals surface area contributed by atoms with Gasteiger partial charge in [-0.3, -0.25) is 9.59 Å². The average molecular weight is 434 g/mol. The monoisotopic (exact) mass is 433 g/mol. The van der Waals surface area contributed by atoms with Gasteiger partial charge < -0.3 is 10.6 Å². The molecule has 1 aliphatic carbocycles. The van der Waals surface area contributed by atoms with Crippen LogP contribution in [0.25, 0.3) is 0 Å². The van der Waals surface area contributed by atoms with Gasteiger partial charge in [-0.2, -0.15) is 0 Å². The maximum absolute atomic E-state index is 13.4. The first-order valence-corrected chi connectivity index (χ1v) is 11.6. The average Bonchev–Trinajstić information content (AvgIpc) is 2.72. The standard InChI is InChI=1S/C25H27N3O2S/c1-15-21(24(30)28-20-7-5-6-12-26-20)22(16-8-10-17(31-4)11-9-16)23-18(27-15)13-25(2,3)14-19(23)29/h5-13,22-23,27H,14H2,1-4H3,(H,26,28,30). The van der Waals surface area contributed by atoms with Crippen molar-refractivity contribution in [2.45, 2.75) is 38.0 Å². The van der Waals surface area contributed by atoms with E-state index >= 15 is 0 Å². The normalized spacial score (nSPS) is 22.3. The Hall–Kier alpha value is -2.86. The Labute approximate surface area is 187 Å². The number of thioether (sulfide) groups is 1. The molecule has 0 spiro atoms. The highest BCUT2D eigenvalue weighted by atomic mass is 32.2. The van der Waals surface area contributed by atoms with Crippen LogP contribution in [-0.4, -0.2) is 22.9 Å². The predicted octanol–water partition coefficient (Wildman–Crippen LogP) is 4.90. The summed E-state index contributed by atoms with van der Waals surface area (Å²) in [5.41, 5.74) is 3.00. The fourth-order valence-electron chi connectivity index (χ4n) is 4.56. The van der Waals surface area contributed by atoms with Gasteiger partial charge >= 0.3 is 0 Å². The summed E-state index contributed by atoms with van der Waals surface area (Å²) in [5, 5.41) is 6.29. The highest BCUT2D eigenvalue weighted by molar-refractivity contribution is 7.98. The second-order valence-electron chi connectivity index (χ2n) is 8.79. The number of nitrogens with one attached hydrogen (secondary N) is 2. The third-order valence-electron chi connectivity index (χ3n) is 5.86. The Morgan fingerprint density at radius 1 is 1.16 bits per heavy atom. The highest BCUT2D eigenvalue weighted by Crippen LogP contribution is 2.47. The van der Waals surface area contributed by atoms with Crippen molar-refractivity contribution in [3.8, 4) is 0 Å². The molecular formula is C25H27N3O2S. The summed E-state index contributed by atoms with van der Waals surface area (Å²) >= 11 is 1.67. The van der Waals surface area contributed by atoms with Crippen LogP contribution in [0.3, 0.4) is 0 Å². The van der Waals surface area contributed by atoms with Crippen LogP contribution in [0.5, 0.6) is 0 Å². The Kier molecular flexibility index (Phi) is 5.75. The van der Waals surface area contributed by atoms with Gasteiger partial charge in [0.2, 0.25) is 0 Å². The van der Waals surface area contributed by atoms with E-state index in [1.165, 1.54) is 0 Å². The third kappa shape index (κ3) is 4.30. The number of anilines is 1. The molecule has 2 aliphatic rings. The fourth-order valence-corrected chi connectivity index (χ4v) is 4.97. The van der Waals surface area contributed by atoms with Crippen molar-refractivity contribution in [1.82, 2.24) is 10.3 Å². The highest BCUT2D eigenvalue weighted by Gasteiger charge is 2.45. The van der Waals surface area contributed by atoms with Crippen molar-refractivity contribution < 1.29 is 9.59 Å². The summed E-state index contributed by atoms with van der Waals surface area (Å²) in [5.74, 6) is -0.345. The Bertz CT molecular complexity index is 1070. The summed E-state index contributed by atoms with van der Waals surface area (Å²) in [6.45, 7) is 6.04. The van der Waals surface area contributed by atoms with Crippen molar-refractivity contribution in [2.24, 2.45) is 11.3 Å². The number of ketones is 1. The number of benzene rings is 1. The molecule has 2 atom stereocenters. The fraction of sp³-hybridized carbons (Fsp3) is 0.320. The lowest BCUT2D eigenvalue weighted by molar-refractivity contribution is -0.124. The number of rotatable bonds is 4. The summed E-state index contributed by atoms with van der Waals surface area (Å²) in [4.78, 5) is 32.1. The molecule has 1 aromatic heterocycles. The molecular weight excluding hydrogens is 406 g/mol. The second-order valence-corrected chi connectivity index (χ2v) is 9.67. The number of carbonyl (C=O) groups is 2. The minimum Gasteiger partial charge on any atom is -0.362 e. The molecule has 6 heteroatoms. The summed E-state index contributed by atoms with van der Waals surface area (Å²) in [7, 11) is 0. The van der Waals surface area contributed by atoms with Crippen molar-refractivity contribution in [3.63, 3.8) is 0 Å².